The summed E-state index contributed by atoms with van der Waals surface area (Å²) in [6.45, 7) is 2.06. The van der Waals surface area contributed by atoms with Crippen LogP contribution in [0.15, 0.2) is 59.1 Å². The number of amides is 2. The molecule has 152 valence electrons. The van der Waals surface area contributed by atoms with Crippen LogP contribution in [0, 0.1) is 5.82 Å². The third kappa shape index (κ3) is 6.26. The van der Waals surface area contributed by atoms with E-state index in [1.807, 2.05) is 23.1 Å². The van der Waals surface area contributed by atoms with Crippen molar-refractivity contribution < 1.29 is 14.0 Å². The molecule has 0 atom stereocenters. The highest BCUT2D eigenvalue weighted by molar-refractivity contribution is 9.10. The van der Waals surface area contributed by atoms with Gasteiger partial charge in [-0.25, -0.2) is 4.39 Å². The molecule has 4 nitrogen and oxygen atoms in total. The minimum atomic E-state index is -0.372. The third-order valence-electron chi connectivity index (χ3n) is 5.01. The van der Waals surface area contributed by atoms with Gasteiger partial charge in [-0.05, 0) is 42.7 Å². The van der Waals surface area contributed by atoms with Crippen molar-refractivity contribution in [1.82, 2.24) is 9.80 Å². The van der Waals surface area contributed by atoms with Crippen LogP contribution >= 0.6 is 15.9 Å². The summed E-state index contributed by atoms with van der Waals surface area (Å²) in [5, 5.41) is 0. The lowest BCUT2D eigenvalue weighted by Crippen LogP contribution is -2.50. The van der Waals surface area contributed by atoms with E-state index in [0.29, 0.717) is 38.2 Å². The number of hydrogen-bond donors (Lipinski definition) is 0. The minimum Gasteiger partial charge on any atom is -0.339 e. The maximum atomic E-state index is 13.8. The number of carbonyl (C=O) groups is 2. The molecule has 1 heterocycles. The molecule has 2 aromatic rings. The van der Waals surface area contributed by atoms with Crippen molar-refractivity contribution in [2.75, 3.05) is 26.2 Å². The largest absolute Gasteiger partial charge is 0.339 e. The zero-order chi connectivity index (χ0) is 20.6. The minimum absolute atomic E-state index is 0.139. The average molecular weight is 459 g/mol. The van der Waals surface area contributed by atoms with Crippen LogP contribution in [0.3, 0.4) is 0 Å². The Morgan fingerprint density at radius 3 is 2.41 bits per heavy atom. The van der Waals surface area contributed by atoms with E-state index in [4.69, 9.17) is 0 Å². The highest BCUT2D eigenvalue weighted by atomic mass is 79.9. The quantitative estimate of drug-likeness (QED) is 0.605. The van der Waals surface area contributed by atoms with E-state index < -0.39 is 0 Å². The fourth-order valence-electron chi connectivity index (χ4n) is 3.33. The van der Waals surface area contributed by atoms with Crippen molar-refractivity contribution in [2.45, 2.75) is 19.3 Å². The lowest BCUT2D eigenvalue weighted by molar-refractivity contribution is -0.137. The third-order valence-corrected chi connectivity index (χ3v) is 5.50. The monoisotopic (exact) mass is 458 g/mol. The van der Waals surface area contributed by atoms with Gasteiger partial charge < -0.3 is 9.80 Å². The van der Waals surface area contributed by atoms with Crippen LogP contribution in [0.1, 0.15) is 24.0 Å². The first kappa shape index (κ1) is 21.2. The van der Waals surface area contributed by atoms with Gasteiger partial charge in [0.15, 0.2) is 0 Å². The van der Waals surface area contributed by atoms with Crippen LogP contribution in [0.2, 0.25) is 0 Å². The summed E-state index contributed by atoms with van der Waals surface area (Å²) in [6.07, 6.45) is 5.11. The summed E-state index contributed by atoms with van der Waals surface area (Å²) in [5.74, 6) is -0.400. The zero-order valence-electron chi connectivity index (χ0n) is 16.2. The van der Waals surface area contributed by atoms with Gasteiger partial charge in [0.1, 0.15) is 5.82 Å². The first-order valence-electron chi connectivity index (χ1n) is 9.76. The van der Waals surface area contributed by atoms with Crippen molar-refractivity contribution in [3.05, 3.63) is 76.0 Å². The molecule has 2 amide bonds. The Hall–Kier alpha value is -2.47. The Balaban J connectivity index is 1.43. The smallest absolute Gasteiger partial charge is 0.246 e. The number of hydrogen-bond acceptors (Lipinski definition) is 2. The molecule has 3 rings (SSSR count). The first-order valence-corrected chi connectivity index (χ1v) is 10.6. The molecule has 1 fully saturated rings. The van der Waals surface area contributed by atoms with Crippen LogP contribution in [0.4, 0.5) is 4.39 Å². The summed E-state index contributed by atoms with van der Waals surface area (Å²) in [4.78, 5) is 28.3. The molecule has 0 aromatic heterocycles. The van der Waals surface area contributed by atoms with Crippen LogP contribution in [0.25, 0.3) is 6.08 Å². The molecule has 0 unspecified atom stereocenters. The molecule has 1 saturated heterocycles. The first-order chi connectivity index (χ1) is 14.0. The number of carbonyl (C=O) groups excluding carboxylic acids is 2. The van der Waals surface area contributed by atoms with E-state index in [1.54, 1.807) is 17.0 Å². The molecule has 0 bridgehead atoms. The normalized spacial score (nSPS) is 14.4. The predicted octanol–water partition coefficient (Wildman–Crippen LogP) is 4.30. The lowest BCUT2D eigenvalue weighted by Gasteiger charge is -2.34. The number of rotatable bonds is 6. The number of nitrogens with zero attached hydrogens (tertiary/aromatic N) is 2. The lowest BCUT2D eigenvalue weighted by atomic mass is 10.1. The Morgan fingerprint density at radius 2 is 1.69 bits per heavy atom. The van der Waals surface area contributed by atoms with Crippen LogP contribution in [0.5, 0.6) is 0 Å². The van der Waals surface area contributed by atoms with E-state index >= 15 is 0 Å². The van der Waals surface area contributed by atoms with Gasteiger partial charge in [-0.15, -0.1) is 0 Å². The molecule has 1 aliphatic heterocycles. The highest BCUT2D eigenvalue weighted by Crippen LogP contribution is 2.17. The molecule has 0 aliphatic carbocycles. The molecule has 0 saturated carbocycles. The summed E-state index contributed by atoms with van der Waals surface area (Å²) in [7, 11) is 0. The number of benzene rings is 2. The van der Waals surface area contributed by atoms with Gasteiger partial charge in [-0.1, -0.05) is 46.3 Å². The SMILES string of the molecule is O=C(/C=C/c1cc(Br)ccc1F)N1CCN(C(=O)CCCc2ccccc2)CC1. The summed E-state index contributed by atoms with van der Waals surface area (Å²) in [6, 6.07) is 14.7. The summed E-state index contributed by atoms with van der Waals surface area (Å²) in [5.41, 5.74) is 1.60. The average Bonchev–Trinajstić information content (AvgIpc) is 2.75. The summed E-state index contributed by atoms with van der Waals surface area (Å²) >= 11 is 3.30. The molecular weight excluding hydrogens is 435 g/mol. The van der Waals surface area contributed by atoms with Crippen molar-refractivity contribution in [2.24, 2.45) is 0 Å². The number of halogens is 2. The fraction of sp³-hybridized carbons (Fsp3) is 0.304. The second kappa shape index (κ2) is 10.3. The van der Waals surface area contributed by atoms with Crippen molar-refractivity contribution >= 4 is 33.8 Å². The standard InChI is InChI=1S/C23H24BrFN2O2/c24-20-10-11-21(25)19(17-20)9-12-23(29)27-15-13-26(14-16-27)22(28)8-4-7-18-5-2-1-3-6-18/h1-3,5-6,9-12,17H,4,7-8,13-16H2/b12-9+. The molecule has 29 heavy (non-hydrogen) atoms. The van der Waals surface area contributed by atoms with Gasteiger partial charge in [-0.2, -0.15) is 0 Å². The van der Waals surface area contributed by atoms with Crippen molar-refractivity contribution in [1.29, 1.82) is 0 Å². The van der Waals surface area contributed by atoms with Gasteiger partial charge >= 0.3 is 0 Å². The maximum Gasteiger partial charge on any atom is 0.246 e. The fourth-order valence-corrected chi connectivity index (χ4v) is 3.71. The maximum absolute atomic E-state index is 13.8. The van der Waals surface area contributed by atoms with E-state index in [-0.39, 0.29) is 17.6 Å². The molecule has 0 N–H and O–H groups in total. The highest BCUT2D eigenvalue weighted by Gasteiger charge is 2.22. The van der Waals surface area contributed by atoms with E-state index in [0.717, 1.165) is 17.3 Å². The van der Waals surface area contributed by atoms with Crippen LogP contribution in [-0.4, -0.2) is 47.8 Å². The molecular formula is C23H24BrFN2O2. The predicted molar refractivity (Wildman–Crippen MR) is 116 cm³/mol. The zero-order valence-corrected chi connectivity index (χ0v) is 17.8. The van der Waals surface area contributed by atoms with Crippen LogP contribution in [-0.2, 0) is 16.0 Å². The van der Waals surface area contributed by atoms with Gasteiger partial charge in [-0.3, -0.25) is 9.59 Å². The number of piperazine rings is 1. The molecule has 0 spiro atoms. The van der Waals surface area contributed by atoms with Crippen LogP contribution < -0.4 is 0 Å². The molecule has 1 aliphatic rings. The Kier molecular flexibility index (Phi) is 7.58. The summed E-state index contributed by atoms with van der Waals surface area (Å²) < 4.78 is 14.5. The van der Waals surface area contributed by atoms with Gasteiger partial charge in [0, 0.05) is 48.7 Å². The van der Waals surface area contributed by atoms with Gasteiger partial charge in [0.25, 0.3) is 0 Å². The van der Waals surface area contributed by atoms with E-state index in [2.05, 4.69) is 28.1 Å². The molecule has 2 aromatic carbocycles. The van der Waals surface area contributed by atoms with E-state index in [1.165, 1.54) is 23.8 Å². The van der Waals surface area contributed by atoms with Crippen molar-refractivity contribution in [3.8, 4) is 0 Å². The van der Waals surface area contributed by atoms with E-state index in [9.17, 15) is 14.0 Å². The molecule has 0 radical (unpaired) electrons. The topological polar surface area (TPSA) is 40.6 Å². The Morgan fingerprint density at radius 1 is 1.00 bits per heavy atom. The Bertz CT molecular complexity index is 878. The second-order valence-electron chi connectivity index (χ2n) is 7.04. The number of aryl methyl sites for hydroxylation is 1. The van der Waals surface area contributed by atoms with Gasteiger partial charge in [0.05, 0.1) is 0 Å². The second-order valence-corrected chi connectivity index (χ2v) is 7.96. The van der Waals surface area contributed by atoms with Crippen molar-refractivity contribution in [3.63, 3.8) is 0 Å². The van der Waals surface area contributed by atoms with Gasteiger partial charge in [0.2, 0.25) is 11.8 Å². The molecule has 6 heteroatoms. The Labute approximate surface area is 179 Å².